The van der Waals surface area contributed by atoms with Gasteiger partial charge in [-0.05, 0) is 13.8 Å². The molecule has 0 bridgehead atoms. The zero-order valence-corrected chi connectivity index (χ0v) is 8.26. The van der Waals surface area contributed by atoms with Gasteiger partial charge in [-0.2, -0.15) is 0 Å². The first-order chi connectivity index (χ1) is 5.74. The van der Waals surface area contributed by atoms with Crippen LogP contribution in [0.3, 0.4) is 0 Å². The third-order valence-corrected chi connectivity index (χ3v) is 1.79. The fraction of sp³-hybridized carbons (Fsp3) is 1.00. The average molecular weight is 215 g/mol. The van der Waals surface area contributed by atoms with Crippen LogP contribution in [-0.4, -0.2) is 44.1 Å². The molecule has 8 heteroatoms. The number of aliphatic hydroxyl groups excluding tert-OH is 2. The minimum absolute atomic E-state index is 0.542. The maximum absolute atomic E-state index is 10.3. The number of aliphatic hydroxyl groups is 2. The van der Waals surface area contributed by atoms with Gasteiger partial charge in [-0.25, -0.2) is 9.46 Å². The lowest BCUT2D eigenvalue weighted by Crippen LogP contribution is -2.41. The molecule has 0 heterocycles. The summed E-state index contributed by atoms with van der Waals surface area (Å²) in [6.07, 6.45) is -2.10. The first-order valence-electron chi connectivity index (χ1n) is 3.56. The number of phosphoric ester groups is 1. The van der Waals surface area contributed by atoms with Gasteiger partial charge in [-0.3, -0.25) is 4.52 Å². The predicted octanol–water partition coefficient (Wildman–Crippen LogP) is -0.968. The molecule has 7 nitrogen and oxygen atoms in total. The number of rotatable bonds is 5. The third kappa shape index (κ3) is 6.11. The number of hydrogen-bond donors (Lipinski definition) is 4. The molecule has 0 amide bonds. The zero-order chi connectivity index (χ0) is 10.6. The molecular formula is C5H14NO6P. The van der Waals surface area contributed by atoms with Crippen molar-refractivity contribution < 1.29 is 29.1 Å². The molecule has 0 aromatic carbocycles. The van der Waals surface area contributed by atoms with Gasteiger partial charge in [0.15, 0.2) is 0 Å². The van der Waals surface area contributed by atoms with Crippen molar-refractivity contribution in [1.29, 1.82) is 0 Å². The van der Waals surface area contributed by atoms with Crippen LogP contribution in [0.5, 0.6) is 0 Å². The Balaban J connectivity index is 4.06. The van der Waals surface area contributed by atoms with E-state index in [1.54, 1.807) is 0 Å². The molecule has 0 radical (unpaired) electrons. The Morgan fingerprint density at radius 2 is 1.69 bits per heavy atom. The van der Waals surface area contributed by atoms with Crippen LogP contribution in [0.25, 0.3) is 0 Å². The largest absolute Gasteiger partial charge is 0.470 e. The molecule has 0 aliphatic rings. The maximum Gasteiger partial charge on any atom is 0.470 e. The Labute approximate surface area is 75.8 Å². The van der Waals surface area contributed by atoms with Crippen LogP contribution in [0.4, 0.5) is 0 Å². The highest BCUT2D eigenvalue weighted by molar-refractivity contribution is 7.46. The van der Waals surface area contributed by atoms with Gasteiger partial charge in [0.25, 0.3) is 0 Å². The second-order valence-electron chi connectivity index (χ2n) is 2.53. The van der Waals surface area contributed by atoms with Gasteiger partial charge in [0.05, 0.1) is 0 Å². The summed E-state index contributed by atoms with van der Waals surface area (Å²) >= 11 is 0. The second kappa shape index (κ2) is 5.02. The standard InChI is InChI=1S/C5H14NO6P/c1-4(7)6(5(2)8)3-12-13(9,10)11/h4-5,7-8H,3H2,1-2H3,(H2,9,10,11). The first kappa shape index (κ1) is 13.0. The van der Waals surface area contributed by atoms with E-state index in [0.29, 0.717) is 0 Å². The van der Waals surface area contributed by atoms with Crippen LogP contribution in [0.2, 0.25) is 0 Å². The summed E-state index contributed by atoms with van der Waals surface area (Å²) < 4.78 is 14.3. The van der Waals surface area contributed by atoms with E-state index >= 15 is 0 Å². The van der Waals surface area contributed by atoms with Crippen molar-refractivity contribution in [3.63, 3.8) is 0 Å². The zero-order valence-electron chi connectivity index (χ0n) is 7.36. The first-order valence-corrected chi connectivity index (χ1v) is 5.09. The van der Waals surface area contributed by atoms with Gasteiger partial charge >= 0.3 is 7.82 Å². The molecule has 2 atom stereocenters. The van der Waals surface area contributed by atoms with E-state index < -0.39 is 27.0 Å². The van der Waals surface area contributed by atoms with Gasteiger partial charge in [0.1, 0.15) is 19.2 Å². The monoisotopic (exact) mass is 215 g/mol. The molecular weight excluding hydrogens is 201 g/mol. The van der Waals surface area contributed by atoms with Crippen molar-refractivity contribution in [3.8, 4) is 0 Å². The van der Waals surface area contributed by atoms with E-state index in [1.807, 2.05) is 0 Å². The Hall–Kier alpha value is -0.0100. The van der Waals surface area contributed by atoms with Crippen molar-refractivity contribution in [2.45, 2.75) is 26.3 Å². The Bertz CT molecular complexity index is 181. The quantitative estimate of drug-likeness (QED) is 0.345. The predicted molar refractivity (Wildman–Crippen MR) is 43.2 cm³/mol. The lowest BCUT2D eigenvalue weighted by molar-refractivity contribution is -0.118. The molecule has 0 aromatic heterocycles. The molecule has 13 heavy (non-hydrogen) atoms. The van der Waals surface area contributed by atoms with Crippen LogP contribution < -0.4 is 0 Å². The minimum atomic E-state index is -4.56. The van der Waals surface area contributed by atoms with Gasteiger partial charge in [-0.15, -0.1) is 0 Å². The fourth-order valence-corrected chi connectivity index (χ4v) is 0.954. The number of nitrogens with zero attached hydrogens (tertiary/aromatic N) is 1. The maximum atomic E-state index is 10.3. The normalized spacial score (nSPS) is 17.5. The molecule has 0 saturated carbocycles. The highest BCUT2D eigenvalue weighted by Crippen LogP contribution is 2.35. The molecule has 0 aromatic rings. The number of hydrogen-bond acceptors (Lipinski definition) is 5. The molecule has 0 aliphatic carbocycles. The fourth-order valence-electron chi connectivity index (χ4n) is 0.670. The summed E-state index contributed by atoms with van der Waals surface area (Å²) in [4.78, 5) is 17.6. The number of phosphoric acid groups is 1. The van der Waals surface area contributed by atoms with E-state index in [1.165, 1.54) is 13.8 Å². The summed E-state index contributed by atoms with van der Waals surface area (Å²) in [6, 6.07) is 0. The molecule has 0 spiro atoms. The lowest BCUT2D eigenvalue weighted by atomic mass is 10.5. The molecule has 0 aliphatic heterocycles. The van der Waals surface area contributed by atoms with E-state index in [2.05, 4.69) is 4.52 Å². The highest BCUT2D eigenvalue weighted by Gasteiger charge is 2.21. The van der Waals surface area contributed by atoms with Crippen molar-refractivity contribution in [3.05, 3.63) is 0 Å². The van der Waals surface area contributed by atoms with Crippen molar-refractivity contribution in [2.24, 2.45) is 0 Å². The summed E-state index contributed by atoms with van der Waals surface area (Å²) in [5.41, 5.74) is 0. The minimum Gasteiger partial charge on any atom is -0.379 e. The van der Waals surface area contributed by atoms with E-state index in [9.17, 15) is 4.57 Å². The Morgan fingerprint density at radius 1 is 1.31 bits per heavy atom. The van der Waals surface area contributed by atoms with Crippen LogP contribution >= 0.6 is 7.82 Å². The Morgan fingerprint density at radius 3 is 1.92 bits per heavy atom. The van der Waals surface area contributed by atoms with E-state index in [-0.39, 0.29) is 0 Å². The smallest absolute Gasteiger partial charge is 0.379 e. The van der Waals surface area contributed by atoms with E-state index in [4.69, 9.17) is 20.0 Å². The van der Waals surface area contributed by atoms with E-state index in [0.717, 1.165) is 4.90 Å². The molecule has 4 N–H and O–H groups in total. The van der Waals surface area contributed by atoms with Gasteiger partial charge in [-0.1, -0.05) is 0 Å². The Kier molecular flexibility index (Phi) is 5.01. The highest BCUT2D eigenvalue weighted by atomic mass is 31.2. The van der Waals surface area contributed by atoms with Gasteiger partial charge in [0, 0.05) is 0 Å². The molecule has 2 unspecified atom stereocenters. The van der Waals surface area contributed by atoms with Crippen molar-refractivity contribution in [1.82, 2.24) is 4.90 Å². The molecule has 0 saturated heterocycles. The average Bonchev–Trinajstić information content (AvgIpc) is 1.82. The van der Waals surface area contributed by atoms with Crippen LogP contribution in [0.1, 0.15) is 13.8 Å². The lowest BCUT2D eigenvalue weighted by Gasteiger charge is -2.27. The van der Waals surface area contributed by atoms with Crippen molar-refractivity contribution >= 4 is 7.82 Å². The van der Waals surface area contributed by atoms with Crippen LogP contribution in [-0.2, 0) is 9.09 Å². The molecule has 0 rings (SSSR count). The van der Waals surface area contributed by atoms with Gasteiger partial charge < -0.3 is 20.0 Å². The van der Waals surface area contributed by atoms with Crippen LogP contribution in [0, 0.1) is 0 Å². The molecule has 80 valence electrons. The molecule has 0 fully saturated rings. The van der Waals surface area contributed by atoms with Gasteiger partial charge in [0.2, 0.25) is 0 Å². The SMILES string of the molecule is CC(O)N(COP(=O)(O)O)C(C)O. The summed E-state index contributed by atoms with van der Waals surface area (Å²) in [5.74, 6) is 0. The van der Waals surface area contributed by atoms with Crippen LogP contribution in [0.15, 0.2) is 0 Å². The van der Waals surface area contributed by atoms with Crippen molar-refractivity contribution in [2.75, 3.05) is 6.73 Å². The summed E-state index contributed by atoms with van der Waals surface area (Å²) in [7, 11) is -4.56. The summed E-state index contributed by atoms with van der Waals surface area (Å²) in [5, 5.41) is 18.0. The third-order valence-electron chi connectivity index (χ3n) is 1.33. The second-order valence-corrected chi connectivity index (χ2v) is 3.77. The summed E-state index contributed by atoms with van der Waals surface area (Å²) in [6.45, 7) is 2.14. The topological polar surface area (TPSA) is 110 Å².